The second-order valence-electron chi connectivity index (χ2n) is 4.86. The van der Waals surface area contributed by atoms with Crippen molar-refractivity contribution >= 4 is 17.3 Å². The van der Waals surface area contributed by atoms with E-state index in [-0.39, 0.29) is 18.3 Å². The number of carbonyl (C=O) groups is 1. The van der Waals surface area contributed by atoms with Gasteiger partial charge in [-0.3, -0.25) is 4.79 Å². The molecule has 4 heteroatoms. The molecule has 1 N–H and O–H groups in total. The molecule has 102 valence electrons. The van der Waals surface area contributed by atoms with Crippen LogP contribution in [0.15, 0.2) is 48.5 Å². The van der Waals surface area contributed by atoms with Crippen LogP contribution in [-0.4, -0.2) is 19.0 Å². The summed E-state index contributed by atoms with van der Waals surface area (Å²) in [6, 6.07) is 14.0. The summed E-state index contributed by atoms with van der Waals surface area (Å²) < 4.78 is 13.1. The molecule has 0 bridgehead atoms. The van der Waals surface area contributed by atoms with Crippen LogP contribution in [0.1, 0.15) is 5.56 Å². The molecular weight excluding hydrogens is 255 g/mol. The largest absolute Gasteiger partial charge is 0.362 e. The van der Waals surface area contributed by atoms with Crippen LogP contribution in [0.2, 0.25) is 0 Å². The molecule has 0 unspecified atom stereocenters. The Hall–Kier alpha value is -2.36. The lowest BCUT2D eigenvalue weighted by molar-refractivity contribution is -0.115. The predicted molar refractivity (Wildman–Crippen MR) is 77.4 cm³/mol. The Morgan fingerprint density at radius 1 is 1.20 bits per heavy atom. The van der Waals surface area contributed by atoms with E-state index in [2.05, 4.69) is 11.4 Å². The molecule has 0 aromatic heterocycles. The van der Waals surface area contributed by atoms with Gasteiger partial charge in [-0.15, -0.1) is 0 Å². The molecule has 1 heterocycles. The van der Waals surface area contributed by atoms with Gasteiger partial charge in [0.05, 0.1) is 6.54 Å². The number of hydrogen-bond acceptors (Lipinski definition) is 2. The zero-order chi connectivity index (χ0) is 13.9. The normalized spacial score (nSPS) is 13.2. The first-order valence-electron chi connectivity index (χ1n) is 6.60. The number of amides is 1. The monoisotopic (exact) mass is 270 g/mol. The lowest BCUT2D eigenvalue weighted by Crippen LogP contribution is -2.31. The Kier molecular flexibility index (Phi) is 3.37. The van der Waals surface area contributed by atoms with E-state index < -0.39 is 0 Å². The van der Waals surface area contributed by atoms with Gasteiger partial charge in [-0.1, -0.05) is 24.3 Å². The van der Waals surface area contributed by atoms with Crippen molar-refractivity contribution in [2.75, 3.05) is 23.3 Å². The molecule has 1 aliphatic rings. The maximum Gasteiger partial charge on any atom is 0.243 e. The molecule has 0 spiro atoms. The quantitative estimate of drug-likeness (QED) is 0.930. The average molecular weight is 270 g/mol. The first kappa shape index (κ1) is 12.7. The van der Waals surface area contributed by atoms with Crippen molar-refractivity contribution in [2.45, 2.75) is 6.42 Å². The van der Waals surface area contributed by atoms with Crippen LogP contribution in [0, 0.1) is 5.82 Å². The van der Waals surface area contributed by atoms with E-state index in [1.165, 1.54) is 17.7 Å². The van der Waals surface area contributed by atoms with Gasteiger partial charge < -0.3 is 10.2 Å². The minimum absolute atomic E-state index is 0.132. The van der Waals surface area contributed by atoms with Crippen LogP contribution in [0.3, 0.4) is 0 Å². The van der Waals surface area contributed by atoms with Gasteiger partial charge in [0, 0.05) is 17.9 Å². The van der Waals surface area contributed by atoms with Crippen molar-refractivity contribution in [2.24, 2.45) is 0 Å². The van der Waals surface area contributed by atoms with Crippen molar-refractivity contribution < 1.29 is 9.18 Å². The number of para-hydroxylation sites is 1. The molecule has 3 nitrogen and oxygen atoms in total. The molecule has 1 aliphatic heterocycles. The number of benzene rings is 2. The van der Waals surface area contributed by atoms with Crippen LogP contribution < -0.4 is 10.2 Å². The summed E-state index contributed by atoms with van der Waals surface area (Å²) in [5.74, 6) is -0.485. The first-order valence-corrected chi connectivity index (χ1v) is 6.60. The van der Waals surface area contributed by atoms with Crippen molar-refractivity contribution in [3.05, 3.63) is 59.9 Å². The Morgan fingerprint density at radius 3 is 2.90 bits per heavy atom. The number of nitrogens with zero attached hydrogens (tertiary/aromatic N) is 1. The van der Waals surface area contributed by atoms with Crippen LogP contribution in [0.25, 0.3) is 0 Å². The van der Waals surface area contributed by atoms with Gasteiger partial charge in [0.25, 0.3) is 0 Å². The van der Waals surface area contributed by atoms with Gasteiger partial charge in [0.15, 0.2) is 0 Å². The minimum atomic E-state index is -0.352. The zero-order valence-corrected chi connectivity index (χ0v) is 11.0. The fourth-order valence-corrected chi connectivity index (χ4v) is 2.51. The molecular formula is C16H15FN2O. The number of fused-ring (bicyclic) bond motifs is 1. The molecule has 20 heavy (non-hydrogen) atoms. The van der Waals surface area contributed by atoms with E-state index in [0.29, 0.717) is 5.69 Å². The van der Waals surface area contributed by atoms with Crippen LogP contribution in [0.4, 0.5) is 15.8 Å². The van der Waals surface area contributed by atoms with Gasteiger partial charge in [-0.2, -0.15) is 0 Å². The third-order valence-corrected chi connectivity index (χ3v) is 3.43. The fourth-order valence-electron chi connectivity index (χ4n) is 2.51. The maximum absolute atomic E-state index is 13.1. The van der Waals surface area contributed by atoms with Gasteiger partial charge in [0.1, 0.15) is 5.82 Å². The van der Waals surface area contributed by atoms with Crippen molar-refractivity contribution in [3.8, 4) is 0 Å². The number of anilines is 2. The van der Waals surface area contributed by atoms with E-state index in [1.54, 1.807) is 12.1 Å². The Balaban J connectivity index is 1.66. The van der Waals surface area contributed by atoms with Crippen molar-refractivity contribution in [1.29, 1.82) is 0 Å². The molecule has 2 aromatic rings. The SMILES string of the molecule is O=C(CN1CCc2ccccc21)Nc1cccc(F)c1. The average Bonchev–Trinajstić information content (AvgIpc) is 2.82. The Morgan fingerprint density at radius 2 is 2.05 bits per heavy atom. The molecule has 2 aromatic carbocycles. The lowest BCUT2D eigenvalue weighted by atomic mass is 10.2. The lowest BCUT2D eigenvalue weighted by Gasteiger charge is -2.18. The molecule has 0 saturated heterocycles. The third kappa shape index (κ3) is 2.64. The smallest absolute Gasteiger partial charge is 0.243 e. The van der Waals surface area contributed by atoms with E-state index in [9.17, 15) is 9.18 Å². The molecule has 0 aliphatic carbocycles. The predicted octanol–water partition coefficient (Wildman–Crippen LogP) is 2.83. The van der Waals surface area contributed by atoms with E-state index >= 15 is 0 Å². The van der Waals surface area contributed by atoms with Gasteiger partial charge in [0.2, 0.25) is 5.91 Å². The molecule has 0 radical (unpaired) electrons. The molecule has 3 rings (SSSR count). The highest BCUT2D eigenvalue weighted by Gasteiger charge is 2.20. The minimum Gasteiger partial charge on any atom is -0.362 e. The first-order chi connectivity index (χ1) is 9.72. The van der Waals surface area contributed by atoms with E-state index in [0.717, 1.165) is 18.7 Å². The fraction of sp³-hybridized carbons (Fsp3) is 0.188. The second-order valence-corrected chi connectivity index (χ2v) is 4.86. The number of halogens is 1. The Labute approximate surface area is 117 Å². The number of carbonyl (C=O) groups excluding carboxylic acids is 1. The van der Waals surface area contributed by atoms with Crippen LogP contribution in [0.5, 0.6) is 0 Å². The van der Waals surface area contributed by atoms with Gasteiger partial charge in [-0.05, 0) is 36.2 Å². The highest BCUT2D eigenvalue weighted by atomic mass is 19.1. The highest BCUT2D eigenvalue weighted by Crippen LogP contribution is 2.26. The van der Waals surface area contributed by atoms with Crippen molar-refractivity contribution in [3.63, 3.8) is 0 Å². The van der Waals surface area contributed by atoms with Crippen molar-refractivity contribution in [1.82, 2.24) is 0 Å². The highest BCUT2D eigenvalue weighted by molar-refractivity contribution is 5.94. The summed E-state index contributed by atoms with van der Waals surface area (Å²) in [4.78, 5) is 14.1. The molecule has 0 atom stereocenters. The summed E-state index contributed by atoms with van der Waals surface area (Å²) in [5, 5.41) is 2.72. The summed E-state index contributed by atoms with van der Waals surface area (Å²) in [6.45, 7) is 1.13. The molecule has 0 saturated carbocycles. The zero-order valence-electron chi connectivity index (χ0n) is 11.0. The van der Waals surface area contributed by atoms with Gasteiger partial charge in [-0.25, -0.2) is 4.39 Å². The molecule has 1 amide bonds. The topological polar surface area (TPSA) is 32.3 Å². The summed E-state index contributed by atoms with van der Waals surface area (Å²) in [5.41, 5.74) is 2.87. The number of hydrogen-bond donors (Lipinski definition) is 1. The van der Waals surface area contributed by atoms with Crippen LogP contribution in [-0.2, 0) is 11.2 Å². The number of nitrogens with one attached hydrogen (secondary N) is 1. The summed E-state index contributed by atoms with van der Waals surface area (Å²) in [6.07, 6.45) is 0.962. The third-order valence-electron chi connectivity index (χ3n) is 3.43. The molecule has 0 fully saturated rings. The second kappa shape index (κ2) is 5.33. The van der Waals surface area contributed by atoms with E-state index in [4.69, 9.17) is 0 Å². The summed E-state index contributed by atoms with van der Waals surface area (Å²) >= 11 is 0. The Bertz CT molecular complexity index is 642. The standard InChI is InChI=1S/C16H15FN2O/c17-13-5-3-6-14(10-13)18-16(20)11-19-9-8-12-4-1-2-7-15(12)19/h1-7,10H,8-9,11H2,(H,18,20). The van der Waals surface area contributed by atoms with Crippen LogP contribution >= 0.6 is 0 Å². The van der Waals surface area contributed by atoms with Gasteiger partial charge >= 0.3 is 0 Å². The van der Waals surface area contributed by atoms with E-state index in [1.807, 2.05) is 23.1 Å². The number of rotatable bonds is 3. The maximum atomic E-state index is 13.1. The summed E-state index contributed by atoms with van der Waals surface area (Å²) in [7, 11) is 0.